The number of nitrogens with zero attached hydrogens (tertiary/aromatic N) is 1. The summed E-state index contributed by atoms with van der Waals surface area (Å²) in [5, 5.41) is 12.4. The van der Waals surface area contributed by atoms with Crippen molar-refractivity contribution in [2.45, 2.75) is 18.7 Å². The van der Waals surface area contributed by atoms with Crippen molar-refractivity contribution in [1.29, 1.82) is 0 Å². The molecule has 1 atom stereocenters. The van der Waals surface area contributed by atoms with Crippen LogP contribution >= 0.6 is 11.8 Å². The Bertz CT molecular complexity index is 590. The maximum atomic E-state index is 11.9. The molecule has 5 heteroatoms. The Morgan fingerprint density at radius 3 is 2.90 bits per heavy atom. The first-order chi connectivity index (χ1) is 10.1. The van der Waals surface area contributed by atoms with Crippen molar-refractivity contribution >= 4 is 17.7 Å². The van der Waals surface area contributed by atoms with Crippen LogP contribution < -0.4 is 5.32 Å². The molecular formula is C16H18N2O2S. The van der Waals surface area contributed by atoms with Gasteiger partial charge in [-0.05, 0) is 36.8 Å². The average molecular weight is 302 g/mol. The summed E-state index contributed by atoms with van der Waals surface area (Å²) < 4.78 is 0. The third kappa shape index (κ3) is 5.11. The molecule has 2 N–H and O–H groups in total. The van der Waals surface area contributed by atoms with E-state index in [1.54, 1.807) is 24.4 Å². The van der Waals surface area contributed by atoms with Gasteiger partial charge in [0.2, 0.25) is 5.91 Å². The maximum absolute atomic E-state index is 11.9. The highest BCUT2D eigenvalue weighted by Crippen LogP contribution is 2.18. The fourth-order valence-corrected chi connectivity index (χ4v) is 2.64. The number of aromatic hydroxyl groups is 1. The Morgan fingerprint density at radius 2 is 2.19 bits per heavy atom. The molecule has 0 fully saturated rings. The molecule has 1 aromatic carbocycles. The summed E-state index contributed by atoms with van der Waals surface area (Å²) in [5.74, 6) is 1.29. The van der Waals surface area contributed by atoms with Gasteiger partial charge in [-0.3, -0.25) is 9.78 Å². The first kappa shape index (κ1) is 15.4. The van der Waals surface area contributed by atoms with Gasteiger partial charge in [-0.25, -0.2) is 0 Å². The number of rotatable bonds is 6. The Hall–Kier alpha value is -2.01. The largest absolute Gasteiger partial charge is 0.508 e. The summed E-state index contributed by atoms with van der Waals surface area (Å²) >= 11 is 1.53. The molecule has 2 rings (SSSR count). The third-order valence-corrected chi connectivity index (χ3v) is 3.92. The molecule has 1 amide bonds. The topological polar surface area (TPSA) is 62.2 Å². The number of phenols is 1. The number of amides is 1. The van der Waals surface area contributed by atoms with Crippen LogP contribution in [0.15, 0.2) is 48.7 Å². The second-order valence-electron chi connectivity index (χ2n) is 4.70. The van der Waals surface area contributed by atoms with Gasteiger partial charge in [0.15, 0.2) is 0 Å². The average Bonchev–Trinajstić information content (AvgIpc) is 2.48. The number of carbonyl (C=O) groups is 1. The van der Waals surface area contributed by atoms with Crippen LogP contribution in [0, 0.1) is 0 Å². The molecule has 0 bridgehead atoms. The zero-order valence-corrected chi connectivity index (χ0v) is 12.6. The highest BCUT2D eigenvalue weighted by molar-refractivity contribution is 7.99. The van der Waals surface area contributed by atoms with E-state index in [9.17, 15) is 9.90 Å². The van der Waals surface area contributed by atoms with Crippen LogP contribution in [0.2, 0.25) is 0 Å². The molecule has 1 aromatic heterocycles. The van der Waals surface area contributed by atoms with Crippen LogP contribution in [0.25, 0.3) is 0 Å². The number of nitrogens with one attached hydrogen (secondary N) is 1. The molecule has 1 heterocycles. The van der Waals surface area contributed by atoms with E-state index in [-0.39, 0.29) is 17.7 Å². The summed E-state index contributed by atoms with van der Waals surface area (Å²) in [5.41, 5.74) is 1.86. The molecule has 0 spiro atoms. The van der Waals surface area contributed by atoms with Crippen LogP contribution in [-0.2, 0) is 10.5 Å². The molecule has 0 aliphatic rings. The van der Waals surface area contributed by atoms with E-state index >= 15 is 0 Å². The SMILES string of the molecule is C[C@@H](NC(=O)CSCc1ccccn1)c1cccc(O)c1. The first-order valence-electron chi connectivity index (χ1n) is 6.71. The van der Waals surface area contributed by atoms with Crippen molar-refractivity contribution in [1.82, 2.24) is 10.3 Å². The van der Waals surface area contributed by atoms with Crippen LogP contribution in [0.5, 0.6) is 5.75 Å². The molecule has 21 heavy (non-hydrogen) atoms. The van der Waals surface area contributed by atoms with Crippen LogP contribution in [-0.4, -0.2) is 21.8 Å². The van der Waals surface area contributed by atoms with Crippen molar-refractivity contribution in [3.63, 3.8) is 0 Å². The number of benzene rings is 1. The minimum absolute atomic E-state index is 0.0215. The van der Waals surface area contributed by atoms with E-state index in [0.717, 1.165) is 17.0 Å². The van der Waals surface area contributed by atoms with E-state index in [4.69, 9.17) is 0 Å². The quantitative estimate of drug-likeness (QED) is 0.861. The highest BCUT2D eigenvalue weighted by Gasteiger charge is 2.10. The van der Waals surface area contributed by atoms with Crippen molar-refractivity contribution in [3.8, 4) is 5.75 Å². The van der Waals surface area contributed by atoms with E-state index in [1.807, 2.05) is 31.2 Å². The summed E-state index contributed by atoms with van der Waals surface area (Å²) in [6, 6.07) is 12.5. The summed E-state index contributed by atoms with van der Waals surface area (Å²) in [4.78, 5) is 16.1. The van der Waals surface area contributed by atoms with E-state index in [1.165, 1.54) is 11.8 Å². The summed E-state index contributed by atoms with van der Waals surface area (Å²) in [6.07, 6.45) is 1.75. The van der Waals surface area contributed by atoms with Crippen molar-refractivity contribution < 1.29 is 9.90 Å². The van der Waals surface area contributed by atoms with Crippen LogP contribution in [0.4, 0.5) is 0 Å². The molecular weight excluding hydrogens is 284 g/mol. The predicted octanol–water partition coefficient (Wildman–Crippen LogP) is 2.90. The Kier molecular flexibility index (Phi) is 5.63. The number of hydrogen-bond donors (Lipinski definition) is 2. The number of aromatic nitrogens is 1. The summed E-state index contributed by atoms with van der Waals surface area (Å²) in [7, 11) is 0. The van der Waals surface area contributed by atoms with Gasteiger partial charge >= 0.3 is 0 Å². The molecule has 0 aliphatic heterocycles. The molecule has 4 nitrogen and oxygen atoms in total. The van der Waals surface area contributed by atoms with Gasteiger partial charge in [0, 0.05) is 11.9 Å². The molecule has 0 unspecified atom stereocenters. The van der Waals surface area contributed by atoms with Crippen molar-refractivity contribution in [2.24, 2.45) is 0 Å². The normalized spacial score (nSPS) is 11.9. The number of hydrogen-bond acceptors (Lipinski definition) is 4. The lowest BCUT2D eigenvalue weighted by atomic mass is 10.1. The second-order valence-corrected chi connectivity index (χ2v) is 5.68. The van der Waals surface area contributed by atoms with Gasteiger partial charge in [0.1, 0.15) is 5.75 Å². The van der Waals surface area contributed by atoms with Gasteiger partial charge in [0.25, 0.3) is 0 Å². The molecule has 2 aromatic rings. The van der Waals surface area contributed by atoms with Gasteiger partial charge < -0.3 is 10.4 Å². The predicted molar refractivity (Wildman–Crippen MR) is 85.1 cm³/mol. The molecule has 0 aliphatic carbocycles. The monoisotopic (exact) mass is 302 g/mol. The molecule has 0 radical (unpaired) electrons. The first-order valence-corrected chi connectivity index (χ1v) is 7.86. The lowest BCUT2D eigenvalue weighted by molar-refractivity contribution is -0.119. The molecule has 110 valence electrons. The van der Waals surface area contributed by atoms with Crippen molar-refractivity contribution in [3.05, 3.63) is 59.9 Å². The number of phenolic OH excluding ortho intramolecular Hbond substituents is 1. The van der Waals surface area contributed by atoms with E-state index in [2.05, 4.69) is 10.3 Å². The third-order valence-electron chi connectivity index (χ3n) is 2.96. The fraction of sp³-hybridized carbons (Fsp3) is 0.250. The second kappa shape index (κ2) is 7.69. The van der Waals surface area contributed by atoms with Gasteiger partial charge in [0.05, 0.1) is 17.5 Å². The van der Waals surface area contributed by atoms with Crippen LogP contribution in [0.1, 0.15) is 24.2 Å². The van der Waals surface area contributed by atoms with Crippen LogP contribution in [0.3, 0.4) is 0 Å². The summed E-state index contributed by atoms with van der Waals surface area (Å²) in [6.45, 7) is 1.90. The van der Waals surface area contributed by atoms with Crippen molar-refractivity contribution in [2.75, 3.05) is 5.75 Å². The van der Waals surface area contributed by atoms with E-state index < -0.39 is 0 Å². The Labute approximate surface area is 128 Å². The minimum Gasteiger partial charge on any atom is -0.508 e. The zero-order chi connectivity index (χ0) is 15.1. The number of carbonyl (C=O) groups excluding carboxylic acids is 1. The zero-order valence-electron chi connectivity index (χ0n) is 11.8. The molecule has 0 saturated carbocycles. The fourth-order valence-electron chi connectivity index (χ4n) is 1.89. The smallest absolute Gasteiger partial charge is 0.230 e. The lowest BCUT2D eigenvalue weighted by Gasteiger charge is -2.14. The Balaban J connectivity index is 1.76. The number of thioether (sulfide) groups is 1. The maximum Gasteiger partial charge on any atom is 0.230 e. The number of pyridine rings is 1. The molecule has 0 saturated heterocycles. The Morgan fingerprint density at radius 1 is 1.33 bits per heavy atom. The van der Waals surface area contributed by atoms with Gasteiger partial charge in [-0.2, -0.15) is 0 Å². The van der Waals surface area contributed by atoms with Gasteiger partial charge in [-0.1, -0.05) is 18.2 Å². The van der Waals surface area contributed by atoms with E-state index in [0.29, 0.717) is 5.75 Å². The lowest BCUT2D eigenvalue weighted by Crippen LogP contribution is -2.28. The van der Waals surface area contributed by atoms with Gasteiger partial charge in [-0.15, -0.1) is 11.8 Å². The minimum atomic E-state index is -0.125. The standard InChI is InChI=1S/C16H18N2O2S/c1-12(13-5-4-7-15(19)9-13)18-16(20)11-21-10-14-6-2-3-8-17-14/h2-9,12,19H,10-11H2,1H3,(H,18,20)/t12-/m1/s1. The highest BCUT2D eigenvalue weighted by atomic mass is 32.2.